The highest BCUT2D eigenvalue weighted by Gasteiger charge is 2.21. The van der Waals surface area contributed by atoms with Gasteiger partial charge in [-0.1, -0.05) is 23.8 Å². The van der Waals surface area contributed by atoms with Crippen molar-refractivity contribution >= 4 is 45.3 Å². The van der Waals surface area contributed by atoms with Crippen LogP contribution in [0.1, 0.15) is 27.8 Å². The maximum atomic E-state index is 12.9. The lowest BCUT2D eigenvalue weighted by Gasteiger charge is -2.19. The van der Waals surface area contributed by atoms with E-state index in [1.165, 1.54) is 6.33 Å². The van der Waals surface area contributed by atoms with Crippen LogP contribution in [0.25, 0.3) is 21.9 Å². The highest BCUT2D eigenvalue weighted by molar-refractivity contribution is 6.31. The predicted molar refractivity (Wildman–Crippen MR) is 129 cm³/mol. The summed E-state index contributed by atoms with van der Waals surface area (Å²) in [5.74, 6) is 1.36. The average Bonchev–Trinajstić information content (AvgIpc) is 3.48. The number of nitrogens with zero attached hydrogens (tertiary/aromatic N) is 4. The summed E-state index contributed by atoms with van der Waals surface area (Å²) in [7, 11) is 1.64. The van der Waals surface area contributed by atoms with E-state index in [-0.39, 0.29) is 11.9 Å². The summed E-state index contributed by atoms with van der Waals surface area (Å²) in [6.07, 6.45) is 5.49. The van der Waals surface area contributed by atoms with Crippen molar-refractivity contribution in [2.75, 3.05) is 32.1 Å². The normalized spacial score (nSPS) is 14.3. The number of carbonyl (C=O) groups excluding carboxylic acids is 1. The Labute approximate surface area is 195 Å². The van der Waals surface area contributed by atoms with Crippen molar-refractivity contribution in [3.63, 3.8) is 0 Å². The van der Waals surface area contributed by atoms with Crippen molar-refractivity contribution in [3.8, 4) is 0 Å². The van der Waals surface area contributed by atoms with E-state index in [9.17, 15) is 4.79 Å². The fraction of sp³-hybridized carbons (Fsp3) is 0.250. The first-order valence-electron chi connectivity index (χ1n) is 10.6. The summed E-state index contributed by atoms with van der Waals surface area (Å²) in [5, 5.41) is 4.89. The molecule has 5 rings (SSSR count). The Balaban J connectivity index is 1.49. The third kappa shape index (κ3) is 4.15. The number of anilines is 1. The van der Waals surface area contributed by atoms with Crippen molar-refractivity contribution < 1.29 is 9.53 Å². The maximum absolute atomic E-state index is 12.9. The van der Waals surface area contributed by atoms with Crippen LogP contribution in [-0.2, 0) is 4.74 Å². The number of aryl methyl sites for hydroxylation is 1. The van der Waals surface area contributed by atoms with E-state index < -0.39 is 0 Å². The smallest absolute Gasteiger partial charge is 0.254 e. The van der Waals surface area contributed by atoms with Gasteiger partial charge in [0, 0.05) is 36.2 Å². The Kier molecular flexibility index (Phi) is 5.70. The zero-order valence-electron chi connectivity index (χ0n) is 18.3. The van der Waals surface area contributed by atoms with Crippen molar-refractivity contribution in [3.05, 3.63) is 70.8 Å². The Morgan fingerprint density at radius 3 is 2.82 bits per heavy atom. The molecule has 2 aromatic heterocycles. The van der Waals surface area contributed by atoms with Gasteiger partial charge in [-0.3, -0.25) is 4.79 Å². The molecular formula is C24H23ClN6O2. The van der Waals surface area contributed by atoms with Crippen LogP contribution in [0.2, 0.25) is 5.02 Å². The third-order valence-electron chi connectivity index (χ3n) is 5.76. The molecule has 1 aliphatic heterocycles. The first-order valence-corrected chi connectivity index (χ1v) is 11.0. The predicted octanol–water partition coefficient (Wildman–Crippen LogP) is 4.28. The van der Waals surface area contributed by atoms with Crippen molar-refractivity contribution in [2.45, 2.75) is 13.0 Å². The number of aromatic amines is 1. The molecule has 1 atom stereocenters. The summed E-state index contributed by atoms with van der Waals surface area (Å²) < 4.78 is 5.45. The second kappa shape index (κ2) is 8.80. The van der Waals surface area contributed by atoms with Crippen LogP contribution in [-0.4, -0.2) is 57.5 Å². The number of carbonyl (C=O) groups is 1. The fourth-order valence-electron chi connectivity index (χ4n) is 4.06. The summed E-state index contributed by atoms with van der Waals surface area (Å²) >= 11 is 6.11. The largest absolute Gasteiger partial charge is 0.382 e. The van der Waals surface area contributed by atoms with E-state index >= 15 is 0 Å². The molecule has 168 valence electrons. The number of aromatic nitrogens is 4. The summed E-state index contributed by atoms with van der Waals surface area (Å²) in [6.45, 7) is 3.57. The molecule has 0 bridgehead atoms. The number of halogens is 1. The fourth-order valence-corrected chi connectivity index (χ4v) is 4.22. The van der Waals surface area contributed by atoms with Gasteiger partial charge in [0.2, 0.25) is 0 Å². The van der Waals surface area contributed by atoms with Gasteiger partial charge < -0.3 is 19.9 Å². The van der Waals surface area contributed by atoms with Gasteiger partial charge in [-0.25, -0.2) is 15.0 Å². The topological polar surface area (TPSA) is 96.0 Å². The van der Waals surface area contributed by atoms with E-state index in [0.29, 0.717) is 47.4 Å². The minimum atomic E-state index is -0.281. The molecule has 0 aliphatic carbocycles. The third-order valence-corrected chi connectivity index (χ3v) is 5.99. The van der Waals surface area contributed by atoms with Crippen LogP contribution in [0, 0.1) is 6.92 Å². The molecule has 0 saturated heterocycles. The highest BCUT2D eigenvalue weighted by atomic mass is 35.5. The molecule has 0 saturated carbocycles. The van der Waals surface area contributed by atoms with Gasteiger partial charge in [0.1, 0.15) is 24.0 Å². The number of hydrogen-bond donors (Lipinski definition) is 2. The maximum Gasteiger partial charge on any atom is 0.254 e. The molecule has 4 aromatic rings. The lowest BCUT2D eigenvalue weighted by atomic mass is 10.0. The lowest BCUT2D eigenvalue weighted by molar-refractivity contribution is 0.0799. The Bertz CT molecular complexity index is 1370. The van der Waals surface area contributed by atoms with Crippen LogP contribution in [0.4, 0.5) is 5.82 Å². The molecule has 0 spiro atoms. The van der Waals surface area contributed by atoms with Gasteiger partial charge in [-0.2, -0.15) is 0 Å². The van der Waals surface area contributed by atoms with Crippen molar-refractivity contribution in [1.82, 2.24) is 24.8 Å². The summed E-state index contributed by atoms with van der Waals surface area (Å²) in [4.78, 5) is 31.6. The van der Waals surface area contributed by atoms with E-state index in [4.69, 9.17) is 16.3 Å². The Hall–Kier alpha value is -3.49. The number of H-pyrrole nitrogens is 1. The average molecular weight is 463 g/mol. The van der Waals surface area contributed by atoms with Crippen LogP contribution in [0.5, 0.6) is 0 Å². The molecule has 1 aliphatic rings. The number of ether oxygens (including phenoxy) is 1. The lowest BCUT2D eigenvalue weighted by Crippen LogP contribution is -2.28. The van der Waals surface area contributed by atoms with Crippen LogP contribution in [0.15, 0.2) is 48.8 Å². The number of hydrogen-bond acceptors (Lipinski definition) is 6. The molecule has 33 heavy (non-hydrogen) atoms. The molecule has 1 unspecified atom stereocenters. The van der Waals surface area contributed by atoms with E-state index in [0.717, 1.165) is 22.0 Å². The van der Waals surface area contributed by atoms with Crippen molar-refractivity contribution in [2.24, 2.45) is 0 Å². The van der Waals surface area contributed by atoms with Gasteiger partial charge >= 0.3 is 0 Å². The molecule has 9 heteroatoms. The number of amides is 1. The van der Waals surface area contributed by atoms with Crippen LogP contribution in [0.3, 0.4) is 0 Å². The molecule has 1 amide bonds. The Morgan fingerprint density at radius 1 is 1.21 bits per heavy atom. The number of rotatable bonds is 6. The molecule has 3 heterocycles. The number of imidazole rings is 1. The minimum Gasteiger partial charge on any atom is -0.382 e. The Morgan fingerprint density at radius 2 is 2.03 bits per heavy atom. The summed E-state index contributed by atoms with van der Waals surface area (Å²) in [6, 6.07) is 9.05. The molecular weight excluding hydrogens is 440 g/mol. The first kappa shape index (κ1) is 21.4. The number of nitrogens with one attached hydrogen (secondary N) is 2. The molecule has 8 nitrogen and oxygen atoms in total. The molecule has 2 N–H and O–H groups in total. The van der Waals surface area contributed by atoms with Crippen molar-refractivity contribution in [1.29, 1.82) is 0 Å². The van der Waals surface area contributed by atoms with Gasteiger partial charge in [0.05, 0.1) is 23.2 Å². The minimum absolute atomic E-state index is 0.00529. The van der Waals surface area contributed by atoms with Gasteiger partial charge in [-0.15, -0.1) is 0 Å². The summed E-state index contributed by atoms with van der Waals surface area (Å²) in [5.41, 5.74) is 3.89. The van der Waals surface area contributed by atoms with E-state index in [1.54, 1.807) is 12.0 Å². The number of benzene rings is 2. The van der Waals surface area contributed by atoms with Gasteiger partial charge in [-0.05, 0) is 42.8 Å². The van der Waals surface area contributed by atoms with Gasteiger partial charge in [0.25, 0.3) is 5.91 Å². The SMILES string of the molecule is COCC(Nc1ncnc2cc(C(=O)N3CC=CC3)c(C)cc12)c1nc2cc(Cl)ccc2[nH]1. The molecule has 0 fully saturated rings. The van der Waals surface area contributed by atoms with Gasteiger partial charge in [0.15, 0.2) is 0 Å². The quantitative estimate of drug-likeness (QED) is 0.415. The van der Waals surface area contributed by atoms with Crippen LogP contribution < -0.4 is 5.32 Å². The highest BCUT2D eigenvalue weighted by Crippen LogP contribution is 2.28. The van der Waals surface area contributed by atoms with E-state index in [2.05, 4.69) is 25.3 Å². The second-order valence-electron chi connectivity index (χ2n) is 8.02. The van der Waals surface area contributed by atoms with E-state index in [1.807, 2.05) is 49.4 Å². The number of methoxy groups -OCH3 is 1. The second-order valence-corrected chi connectivity index (χ2v) is 8.46. The zero-order valence-corrected chi connectivity index (χ0v) is 19.1. The monoisotopic (exact) mass is 462 g/mol. The standard InChI is InChI=1S/C24H23ClN6O2/c1-14-9-17-19(11-16(14)24(32)31-7-3-4-8-31)26-13-27-22(17)30-21(12-33-2)23-28-18-6-5-15(25)10-20(18)29-23/h3-6,9-11,13,21H,7-8,12H2,1-2H3,(H,28,29)(H,26,27,30). The molecule has 0 radical (unpaired) electrons. The van der Waals surface area contributed by atoms with Crippen LogP contribution >= 0.6 is 11.6 Å². The molecule has 2 aromatic carbocycles. The zero-order chi connectivity index (χ0) is 22.9. The number of fused-ring (bicyclic) bond motifs is 2. The first-order chi connectivity index (χ1) is 16.0.